The molecule has 0 amide bonds. The van der Waals surface area contributed by atoms with Gasteiger partial charge < -0.3 is 0 Å². The van der Waals surface area contributed by atoms with Crippen LogP contribution < -0.4 is 0 Å². The second-order valence-electron chi connectivity index (χ2n) is 7.16. The molecule has 1 aliphatic rings. The Kier molecular flexibility index (Phi) is 17.7. The van der Waals surface area contributed by atoms with E-state index in [-0.39, 0.29) is 0 Å². The average Bonchev–Trinajstić information content (AvgIpc) is 2.53. The van der Waals surface area contributed by atoms with E-state index in [9.17, 15) is 0 Å². The number of rotatable bonds is 0. The first-order chi connectivity index (χ1) is 11.0. The molecule has 1 heterocycles. The Hall–Kier alpha value is 1.09. The zero-order chi connectivity index (χ0) is 15.6. The minimum atomic E-state index is 0.442. The summed E-state index contributed by atoms with van der Waals surface area (Å²) in [4.78, 5) is 0. The van der Waals surface area contributed by atoms with Gasteiger partial charge in [-0.25, -0.2) is 0 Å². The van der Waals surface area contributed by atoms with Crippen molar-refractivity contribution in [3.63, 3.8) is 0 Å². The number of hydrogen-bond donors (Lipinski definition) is 0. The Morgan fingerprint density at radius 3 is 0.636 bits per heavy atom. The normalized spacial score (nSPS) is 24.0. The van der Waals surface area contributed by atoms with Crippen molar-refractivity contribution in [2.24, 2.45) is 0 Å². The number of hydrogen-bond acceptors (Lipinski definition) is 0. The fourth-order valence-corrected chi connectivity index (χ4v) is 8.62. The molecule has 22 heavy (non-hydrogen) atoms. The maximum absolute atomic E-state index is 1.63. The molecule has 0 aromatic heterocycles. The molecule has 0 spiro atoms. The average molecular weight is 426 g/mol. The van der Waals surface area contributed by atoms with Gasteiger partial charge in [0.25, 0.3) is 0 Å². The molecule has 1 aliphatic heterocycles. The van der Waals surface area contributed by atoms with Crippen LogP contribution in [0.25, 0.3) is 0 Å². The monoisotopic (exact) mass is 428 g/mol. The first-order valence-electron chi connectivity index (χ1n) is 10.4. The van der Waals surface area contributed by atoms with Crippen molar-refractivity contribution in [3.05, 3.63) is 0 Å². The van der Waals surface area contributed by atoms with Gasteiger partial charge in [-0.1, -0.05) is 0 Å². The van der Waals surface area contributed by atoms with E-state index in [0.717, 1.165) is 0 Å². The molecular formula is C20H40Ge2. The van der Waals surface area contributed by atoms with E-state index in [1.54, 1.807) is 46.7 Å². The van der Waals surface area contributed by atoms with Gasteiger partial charge in [0.15, 0.2) is 0 Å². The Morgan fingerprint density at radius 2 is 0.409 bits per heavy atom. The van der Waals surface area contributed by atoms with Gasteiger partial charge in [0, 0.05) is 0 Å². The molecule has 0 saturated carbocycles. The summed E-state index contributed by atoms with van der Waals surface area (Å²) >= 11 is 0.884. The third-order valence-electron chi connectivity index (χ3n) is 4.91. The molecule has 0 aliphatic carbocycles. The van der Waals surface area contributed by atoms with Crippen molar-refractivity contribution in [1.82, 2.24) is 0 Å². The Morgan fingerprint density at radius 1 is 0.227 bits per heavy atom. The molecule has 0 bridgehead atoms. The van der Waals surface area contributed by atoms with Crippen LogP contribution in [0.3, 0.4) is 0 Å². The van der Waals surface area contributed by atoms with Crippen LogP contribution >= 0.6 is 0 Å². The van der Waals surface area contributed by atoms with Gasteiger partial charge in [-0.2, -0.15) is 0 Å². The zero-order valence-electron chi connectivity index (χ0n) is 15.1. The molecule has 1 saturated heterocycles. The third kappa shape index (κ3) is 16.0. The van der Waals surface area contributed by atoms with E-state index in [1.165, 1.54) is 77.0 Å². The first kappa shape index (κ1) is 21.1. The van der Waals surface area contributed by atoms with E-state index in [4.69, 9.17) is 0 Å². The fraction of sp³-hybridized carbons (Fsp3) is 1.00. The molecule has 0 nitrogen and oxygen atoms in total. The van der Waals surface area contributed by atoms with Gasteiger partial charge in [0.05, 0.1) is 0 Å². The first-order valence-corrected chi connectivity index (χ1v) is 16.3. The van der Waals surface area contributed by atoms with Crippen LogP contribution in [0.5, 0.6) is 0 Å². The van der Waals surface area contributed by atoms with Gasteiger partial charge >= 0.3 is 155 Å². The summed E-state index contributed by atoms with van der Waals surface area (Å²) in [6.07, 6.45) is 24.6. The Bertz CT molecular complexity index is 108. The summed E-state index contributed by atoms with van der Waals surface area (Å²) in [5.41, 5.74) is 0. The van der Waals surface area contributed by atoms with Crippen LogP contribution in [-0.4, -0.2) is 30.9 Å². The van der Waals surface area contributed by atoms with Crippen LogP contribution in [0.2, 0.25) is 21.0 Å². The van der Waals surface area contributed by atoms with Crippen molar-refractivity contribution >= 4 is 30.9 Å². The quantitative estimate of drug-likeness (QED) is 0.357. The van der Waals surface area contributed by atoms with E-state index < -0.39 is 0 Å². The molecule has 0 unspecified atom stereocenters. The Balaban J connectivity index is 2.00. The molecule has 0 aromatic rings. The fourth-order valence-electron chi connectivity index (χ4n) is 3.37. The predicted octanol–water partition coefficient (Wildman–Crippen LogP) is 7.32. The van der Waals surface area contributed by atoms with Crippen molar-refractivity contribution in [2.45, 2.75) is 124 Å². The minimum absolute atomic E-state index is 0.442. The van der Waals surface area contributed by atoms with E-state index in [0.29, 0.717) is 30.9 Å². The van der Waals surface area contributed by atoms with Gasteiger partial charge in [-0.15, -0.1) is 0 Å². The summed E-state index contributed by atoms with van der Waals surface area (Å²) in [6, 6.07) is 0. The van der Waals surface area contributed by atoms with Gasteiger partial charge in [0.1, 0.15) is 0 Å². The van der Waals surface area contributed by atoms with Crippen molar-refractivity contribution < 1.29 is 0 Å². The molecule has 0 N–H and O–H groups in total. The predicted molar refractivity (Wildman–Crippen MR) is 105 cm³/mol. The standard InChI is InChI=1S/C20H40Ge2/c1-2-6-10-14-18-22-20-16-12-8-4-3-7-11-15-19-21-17-13-9-5-1/h1-20H2. The third-order valence-corrected chi connectivity index (χ3v) is 10.8. The van der Waals surface area contributed by atoms with Crippen LogP contribution in [-0.2, 0) is 0 Å². The van der Waals surface area contributed by atoms with Crippen molar-refractivity contribution in [3.8, 4) is 0 Å². The van der Waals surface area contributed by atoms with Gasteiger partial charge in [0.2, 0.25) is 0 Å². The topological polar surface area (TPSA) is 0 Å². The summed E-state index contributed by atoms with van der Waals surface area (Å²) in [5.74, 6) is 0. The van der Waals surface area contributed by atoms with E-state index >= 15 is 0 Å². The summed E-state index contributed by atoms with van der Waals surface area (Å²) in [5, 5.41) is 6.52. The van der Waals surface area contributed by atoms with Crippen LogP contribution in [0.15, 0.2) is 0 Å². The molecule has 2 heteroatoms. The molecule has 128 valence electrons. The second-order valence-corrected chi connectivity index (χ2v) is 13.5. The molecule has 1 fully saturated rings. The van der Waals surface area contributed by atoms with Gasteiger partial charge in [-0.3, -0.25) is 0 Å². The molecular weight excluding hydrogens is 385 g/mol. The molecule has 0 atom stereocenters. The SMILES string of the molecule is C1CCCC[CH2][Ge][CH2]CCCCCCCC[CH2][Ge][CH2]CCC1. The molecule has 4 radical (unpaired) electrons. The van der Waals surface area contributed by atoms with Crippen molar-refractivity contribution in [2.75, 3.05) is 0 Å². The van der Waals surface area contributed by atoms with E-state index in [2.05, 4.69) is 0 Å². The second kappa shape index (κ2) is 18.4. The van der Waals surface area contributed by atoms with Crippen molar-refractivity contribution in [1.29, 1.82) is 0 Å². The summed E-state index contributed by atoms with van der Waals surface area (Å²) in [6.45, 7) is 0. The zero-order valence-corrected chi connectivity index (χ0v) is 19.3. The summed E-state index contributed by atoms with van der Waals surface area (Å²) < 4.78 is 0. The van der Waals surface area contributed by atoms with E-state index in [1.807, 2.05) is 0 Å². The van der Waals surface area contributed by atoms with Crippen LogP contribution in [0.1, 0.15) is 103 Å². The Labute approximate surface area is 154 Å². The maximum atomic E-state index is 1.63. The van der Waals surface area contributed by atoms with Crippen LogP contribution in [0, 0.1) is 0 Å². The molecule has 0 aromatic carbocycles. The van der Waals surface area contributed by atoms with Crippen LogP contribution in [0.4, 0.5) is 0 Å². The molecule has 1 rings (SSSR count). The summed E-state index contributed by atoms with van der Waals surface area (Å²) in [7, 11) is 0. The van der Waals surface area contributed by atoms with Gasteiger partial charge in [-0.05, 0) is 0 Å².